The van der Waals surface area contributed by atoms with Gasteiger partial charge in [0.1, 0.15) is 0 Å². The molecule has 0 rings (SSSR count). The van der Waals surface area contributed by atoms with Crippen molar-refractivity contribution in [1.29, 1.82) is 5.26 Å². The van der Waals surface area contributed by atoms with E-state index in [4.69, 9.17) is 5.26 Å². The van der Waals surface area contributed by atoms with Crippen LogP contribution in [0.4, 0.5) is 0 Å². The number of nitrogens with zero attached hydrogens (tertiary/aromatic N) is 1. The summed E-state index contributed by atoms with van der Waals surface area (Å²) < 4.78 is 0. The third kappa shape index (κ3) is 20.6. The Hall–Kier alpha value is 0.542. The molecule has 4 heavy (non-hydrogen) atoms. The van der Waals surface area contributed by atoms with Crippen LogP contribution in [0.3, 0.4) is 0 Å². The minimum absolute atomic E-state index is 0. The van der Waals surface area contributed by atoms with Crippen molar-refractivity contribution in [1.82, 2.24) is 0 Å². The van der Waals surface area contributed by atoms with Gasteiger partial charge in [-0.15, -0.1) is 0 Å². The van der Waals surface area contributed by atoms with Crippen LogP contribution >= 0.6 is 0 Å². The predicted molar refractivity (Wildman–Crippen MR) is 15.6 cm³/mol. The maximum Gasteiger partial charge on any atom is 0.187 e. The number of rotatable bonds is 0. The Kier molecular flexibility index (Phi) is 21.2. The summed E-state index contributed by atoms with van der Waals surface area (Å²) in [6.45, 7) is 0. The van der Waals surface area contributed by atoms with Crippen molar-refractivity contribution in [3.8, 4) is 4.97 Å². The first-order valence-corrected chi connectivity index (χ1v) is 0.952. The van der Waals surface area contributed by atoms with Crippen molar-refractivity contribution < 1.29 is 16.0 Å². The van der Waals surface area contributed by atoms with Crippen LogP contribution in [-0.2, 0) is 16.0 Å². The Labute approximate surface area is 43.9 Å². The molecule has 0 aliphatic rings. The van der Waals surface area contributed by atoms with Gasteiger partial charge in [0.25, 0.3) is 0 Å². The molecule has 3 heteroatoms. The van der Waals surface area contributed by atoms with E-state index >= 15 is 0 Å². The van der Waals surface area contributed by atoms with Crippen LogP contribution in [0.5, 0.6) is 0 Å². The van der Waals surface area contributed by atoms with Crippen LogP contribution in [0, 0.1) is 10.2 Å². The smallest absolute Gasteiger partial charge is 0.187 e. The Morgan fingerprint density at radius 2 is 1.75 bits per heavy atom. The minimum atomic E-state index is 0. The van der Waals surface area contributed by atoms with Gasteiger partial charge in [-0.3, -0.25) is 0 Å². The molecule has 1 nitrogen and oxygen atoms in total. The van der Waals surface area contributed by atoms with E-state index in [-0.39, 0.29) is 17.4 Å². The van der Waals surface area contributed by atoms with Crippen molar-refractivity contribution in [2.75, 3.05) is 0 Å². The maximum absolute atomic E-state index is 7.21. The molecule has 0 radical (unpaired) electrons. The largest absolute Gasteiger partial charge is 0.187 e. The second kappa shape index (κ2) is 9.63. The van der Waals surface area contributed by atoms with E-state index in [0.717, 1.165) is 0 Å². The van der Waals surface area contributed by atoms with Crippen LogP contribution in [-0.4, -0.2) is 17.4 Å². The van der Waals surface area contributed by atoms with E-state index in [1.807, 2.05) is 0 Å². The molecule has 0 fully saturated rings. The number of hydrogen-bond donors (Lipinski definition) is 0. The Bertz CT molecular complexity index is 29.5. The standard InChI is InChI=1S/CN.Al.Fe.3H/c1-2;;;;;. The quantitative estimate of drug-likeness (QED) is 0.362. The van der Waals surface area contributed by atoms with E-state index in [2.05, 4.69) is 16.0 Å². The molecule has 0 aromatic rings. The van der Waals surface area contributed by atoms with Gasteiger partial charge in [-0.25, -0.2) is 0 Å². The van der Waals surface area contributed by atoms with Crippen LogP contribution < -0.4 is 0 Å². The van der Waals surface area contributed by atoms with E-state index in [9.17, 15) is 0 Å². The Morgan fingerprint density at radius 1 is 1.75 bits per heavy atom. The van der Waals surface area contributed by atoms with Gasteiger partial charge in [-0.05, 0) is 0 Å². The summed E-state index contributed by atoms with van der Waals surface area (Å²) in [5.74, 6) is 0. The zero-order valence-electron chi connectivity index (χ0n) is 1.30. The molecular formula is CH3AlFeN. The average Bonchev–Trinajstić information content (AvgIpc) is 0.918. The second-order valence-corrected chi connectivity index (χ2v) is 0.326. The molecule has 0 N–H and O–H groups in total. The average molecular weight is 112 g/mol. The van der Waals surface area contributed by atoms with Crippen molar-refractivity contribution in [2.45, 2.75) is 0 Å². The first kappa shape index (κ1) is 8.82. The fraction of sp³-hybridized carbons (Fsp3) is 0. The summed E-state index contributed by atoms with van der Waals surface area (Å²) in [6, 6.07) is 0. The predicted octanol–water partition coefficient (Wildman–Crippen LogP) is -1.17. The van der Waals surface area contributed by atoms with E-state index in [1.165, 1.54) is 4.97 Å². The molecule has 0 spiro atoms. The molecule has 0 saturated carbocycles. The van der Waals surface area contributed by atoms with Crippen LogP contribution in [0.1, 0.15) is 0 Å². The van der Waals surface area contributed by atoms with Gasteiger partial charge in [0.2, 0.25) is 0 Å². The van der Waals surface area contributed by atoms with E-state index < -0.39 is 0 Å². The van der Waals surface area contributed by atoms with Crippen molar-refractivity contribution in [2.24, 2.45) is 0 Å². The fourth-order valence-corrected chi connectivity index (χ4v) is 0. The molecule has 0 unspecified atom stereocenters. The molecule has 0 aromatic heterocycles. The number of hydrogen-bond acceptors (Lipinski definition) is 1. The Balaban J connectivity index is 0. The molecule has 0 amide bonds. The van der Waals surface area contributed by atoms with Crippen molar-refractivity contribution in [3.63, 3.8) is 0 Å². The molecule has 23 valence electrons. The molecule has 0 aliphatic carbocycles. The SMILES string of the molecule is N#[C][Fe].[AlH3]. The first-order chi connectivity index (χ1) is 1.41. The fourth-order valence-electron chi connectivity index (χ4n) is 0. The third-order valence-electron chi connectivity index (χ3n) is 0. The topological polar surface area (TPSA) is 23.8 Å². The summed E-state index contributed by atoms with van der Waals surface area (Å²) in [6.07, 6.45) is 0. The summed E-state index contributed by atoms with van der Waals surface area (Å²) in [5.41, 5.74) is 0. The maximum atomic E-state index is 7.21. The zero-order chi connectivity index (χ0) is 2.71. The first-order valence-electron chi connectivity index (χ1n) is 0.400. The Morgan fingerprint density at radius 3 is 1.75 bits per heavy atom. The molecule has 0 atom stereocenters. The zero-order valence-corrected chi connectivity index (χ0v) is 2.40. The summed E-state index contributed by atoms with van der Waals surface area (Å²) in [5, 5.41) is 7.21. The molecule has 0 heterocycles. The summed E-state index contributed by atoms with van der Waals surface area (Å²) >= 11 is 2.79. The molecule has 0 saturated heterocycles. The van der Waals surface area contributed by atoms with Gasteiger partial charge in [0.05, 0.1) is 0 Å². The number of nitriles is 1. The van der Waals surface area contributed by atoms with Gasteiger partial charge in [-0.1, -0.05) is 0 Å². The van der Waals surface area contributed by atoms with Gasteiger partial charge >= 0.3 is 26.2 Å². The van der Waals surface area contributed by atoms with Crippen LogP contribution in [0.25, 0.3) is 0 Å². The third-order valence-corrected chi connectivity index (χ3v) is 0. The molecule has 0 aromatic carbocycles. The minimum Gasteiger partial charge on any atom is 0.187 e. The van der Waals surface area contributed by atoms with Gasteiger partial charge < -0.3 is 0 Å². The van der Waals surface area contributed by atoms with Gasteiger partial charge in [0, 0.05) is 0 Å². The van der Waals surface area contributed by atoms with E-state index in [1.54, 1.807) is 0 Å². The molecule has 0 bridgehead atoms. The summed E-state index contributed by atoms with van der Waals surface area (Å²) in [4.78, 5) is 1.50. The normalized spacial score (nSPS) is 2.00. The van der Waals surface area contributed by atoms with Crippen molar-refractivity contribution >= 4 is 17.4 Å². The van der Waals surface area contributed by atoms with Gasteiger partial charge in [0.15, 0.2) is 17.4 Å². The molecule has 0 aliphatic heterocycles. The molecular weight excluding hydrogens is 109 g/mol. The summed E-state index contributed by atoms with van der Waals surface area (Å²) in [7, 11) is 0. The second-order valence-electron chi connectivity index (χ2n) is 0.0791. The van der Waals surface area contributed by atoms with Crippen LogP contribution in [0.15, 0.2) is 0 Å². The van der Waals surface area contributed by atoms with Gasteiger partial charge in [-0.2, -0.15) is 0 Å². The van der Waals surface area contributed by atoms with E-state index in [0.29, 0.717) is 0 Å². The van der Waals surface area contributed by atoms with Crippen molar-refractivity contribution in [3.05, 3.63) is 0 Å². The monoisotopic (exact) mass is 112 g/mol. The van der Waals surface area contributed by atoms with Crippen LogP contribution in [0.2, 0.25) is 0 Å².